The van der Waals surface area contributed by atoms with Gasteiger partial charge in [0.15, 0.2) is 0 Å². The van der Waals surface area contributed by atoms with Crippen molar-refractivity contribution < 1.29 is 4.74 Å². The van der Waals surface area contributed by atoms with Crippen molar-refractivity contribution in [3.05, 3.63) is 60.2 Å². The Labute approximate surface area is 127 Å². The summed E-state index contributed by atoms with van der Waals surface area (Å²) in [5, 5.41) is 0. The van der Waals surface area contributed by atoms with Crippen LogP contribution in [0.2, 0.25) is 0 Å². The van der Waals surface area contributed by atoms with Crippen molar-refractivity contribution in [2.75, 3.05) is 32.8 Å². The first-order chi connectivity index (χ1) is 10.4. The number of ether oxygens (including phenoxy) is 1. The minimum absolute atomic E-state index is 0.892. The molecule has 0 aromatic heterocycles. The molecule has 2 heteroatoms. The summed E-state index contributed by atoms with van der Waals surface area (Å²) in [4.78, 5) is 2.50. The Bertz CT molecular complexity index is 529. The van der Waals surface area contributed by atoms with Crippen LogP contribution >= 0.6 is 0 Å². The van der Waals surface area contributed by atoms with Crippen LogP contribution < -0.4 is 0 Å². The first-order valence-electron chi connectivity index (χ1n) is 7.77. The van der Waals surface area contributed by atoms with Crippen LogP contribution in [0.25, 0.3) is 11.1 Å². The molecule has 2 aromatic rings. The van der Waals surface area contributed by atoms with Gasteiger partial charge in [-0.3, -0.25) is 4.90 Å². The molecular weight excluding hydrogens is 258 g/mol. The molecule has 2 aromatic carbocycles. The van der Waals surface area contributed by atoms with Crippen molar-refractivity contribution in [1.29, 1.82) is 0 Å². The molecule has 0 unspecified atom stereocenters. The third-order valence-electron chi connectivity index (χ3n) is 4.05. The van der Waals surface area contributed by atoms with Crippen molar-refractivity contribution in [2.45, 2.75) is 12.8 Å². The van der Waals surface area contributed by atoms with E-state index >= 15 is 0 Å². The molecule has 1 fully saturated rings. The highest BCUT2D eigenvalue weighted by molar-refractivity contribution is 5.63. The fourth-order valence-electron chi connectivity index (χ4n) is 2.77. The van der Waals surface area contributed by atoms with Gasteiger partial charge in [-0.1, -0.05) is 48.5 Å². The highest BCUT2D eigenvalue weighted by atomic mass is 16.5. The Kier molecular flexibility index (Phi) is 5.03. The average Bonchev–Trinajstić information content (AvgIpc) is 2.57. The van der Waals surface area contributed by atoms with E-state index in [2.05, 4.69) is 47.4 Å². The van der Waals surface area contributed by atoms with E-state index in [0.717, 1.165) is 32.7 Å². The summed E-state index contributed by atoms with van der Waals surface area (Å²) >= 11 is 0. The zero-order chi connectivity index (χ0) is 14.3. The Balaban J connectivity index is 1.50. The predicted molar refractivity (Wildman–Crippen MR) is 86.3 cm³/mol. The SMILES string of the molecule is [c]1ccc(-c2ccc(CCCN3CCOCC3)cc2)cc1. The summed E-state index contributed by atoms with van der Waals surface area (Å²) in [5.41, 5.74) is 3.96. The minimum atomic E-state index is 0.892. The van der Waals surface area contributed by atoms with Crippen LogP contribution in [0.1, 0.15) is 12.0 Å². The second-order valence-electron chi connectivity index (χ2n) is 5.54. The van der Waals surface area contributed by atoms with E-state index in [1.807, 2.05) is 12.1 Å². The lowest BCUT2D eigenvalue weighted by molar-refractivity contribution is 0.0375. The van der Waals surface area contributed by atoms with Gasteiger partial charge in [0, 0.05) is 13.1 Å². The lowest BCUT2D eigenvalue weighted by Gasteiger charge is -2.26. The molecule has 0 spiro atoms. The van der Waals surface area contributed by atoms with E-state index in [1.165, 1.54) is 29.7 Å². The molecule has 1 saturated heterocycles. The van der Waals surface area contributed by atoms with Crippen molar-refractivity contribution in [1.82, 2.24) is 4.90 Å². The Morgan fingerprint density at radius 1 is 0.905 bits per heavy atom. The van der Waals surface area contributed by atoms with E-state index in [-0.39, 0.29) is 0 Å². The van der Waals surface area contributed by atoms with Gasteiger partial charge in [-0.05, 0) is 42.1 Å². The van der Waals surface area contributed by atoms with Crippen molar-refractivity contribution >= 4 is 0 Å². The number of nitrogens with zero attached hydrogens (tertiary/aromatic N) is 1. The van der Waals surface area contributed by atoms with Crippen LogP contribution in [0.3, 0.4) is 0 Å². The van der Waals surface area contributed by atoms with E-state index in [4.69, 9.17) is 4.74 Å². The first kappa shape index (κ1) is 14.3. The molecule has 1 radical (unpaired) electrons. The lowest BCUT2D eigenvalue weighted by atomic mass is 10.0. The van der Waals surface area contributed by atoms with Gasteiger partial charge in [0.05, 0.1) is 13.2 Å². The fourth-order valence-corrected chi connectivity index (χ4v) is 2.77. The van der Waals surface area contributed by atoms with E-state index < -0.39 is 0 Å². The summed E-state index contributed by atoms with van der Waals surface area (Å²) in [6.07, 6.45) is 2.37. The monoisotopic (exact) mass is 280 g/mol. The van der Waals surface area contributed by atoms with Gasteiger partial charge >= 0.3 is 0 Å². The maximum atomic E-state index is 5.38. The fraction of sp³-hybridized carbons (Fsp3) is 0.368. The van der Waals surface area contributed by atoms with Gasteiger partial charge in [-0.15, -0.1) is 0 Å². The van der Waals surface area contributed by atoms with Crippen molar-refractivity contribution in [3.8, 4) is 11.1 Å². The van der Waals surface area contributed by atoms with Gasteiger partial charge < -0.3 is 4.74 Å². The van der Waals surface area contributed by atoms with Crippen LogP contribution in [0.15, 0.2) is 48.5 Å². The van der Waals surface area contributed by atoms with Gasteiger partial charge in [-0.2, -0.15) is 0 Å². The summed E-state index contributed by atoms with van der Waals surface area (Å²) in [6, 6.07) is 20.2. The second-order valence-corrected chi connectivity index (χ2v) is 5.54. The Morgan fingerprint density at radius 3 is 2.29 bits per heavy atom. The largest absolute Gasteiger partial charge is 0.379 e. The van der Waals surface area contributed by atoms with Crippen LogP contribution in [0.5, 0.6) is 0 Å². The topological polar surface area (TPSA) is 12.5 Å². The van der Waals surface area contributed by atoms with E-state index in [1.54, 1.807) is 0 Å². The smallest absolute Gasteiger partial charge is 0.0594 e. The summed E-state index contributed by atoms with van der Waals surface area (Å²) in [6.45, 7) is 5.14. The van der Waals surface area contributed by atoms with Gasteiger partial charge in [0.1, 0.15) is 0 Å². The van der Waals surface area contributed by atoms with Gasteiger partial charge in [0.2, 0.25) is 0 Å². The summed E-state index contributed by atoms with van der Waals surface area (Å²) in [7, 11) is 0. The molecule has 0 amide bonds. The van der Waals surface area contributed by atoms with Crippen LogP contribution in [0, 0.1) is 6.07 Å². The van der Waals surface area contributed by atoms with Crippen LogP contribution in [-0.2, 0) is 11.2 Å². The Hall–Kier alpha value is -1.64. The molecule has 0 N–H and O–H groups in total. The molecule has 1 aliphatic heterocycles. The number of rotatable bonds is 5. The number of benzene rings is 2. The molecule has 1 aliphatic rings. The molecule has 21 heavy (non-hydrogen) atoms. The number of aryl methyl sites for hydroxylation is 1. The first-order valence-corrected chi connectivity index (χ1v) is 7.77. The molecule has 0 saturated carbocycles. The lowest BCUT2D eigenvalue weighted by Crippen LogP contribution is -2.36. The standard InChI is InChI=1S/C19H22NO/c1-2-6-18(7-3-1)19-10-8-17(9-11-19)5-4-12-20-13-15-21-16-14-20/h2-3,6-11H,4-5,12-16H2. The highest BCUT2D eigenvalue weighted by Gasteiger charge is 2.09. The zero-order valence-electron chi connectivity index (χ0n) is 12.4. The third kappa shape index (κ3) is 4.16. The predicted octanol–water partition coefficient (Wildman–Crippen LogP) is 3.42. The van der Waals surface area contributed by atoms with Gasteiger partial charge in [-0.25, -0.2) is 0 Å². The van der Waals surface area contributed by atoms with Crippen LogP contribution in [-0.4, -0.2) is 37.7 Å². The average molecular weight is 280 g/mol. The third-order valence-corrected chi connectivity index (χ3v) is 4.05. The maximum Gasteiger partial charge on any atom is 0.0594 e. The highest BCUT2D eigenvalue weighted by Crippen LogP contribution is 2.19. The second kappa shape index (κ2) is 7.39. The molecule has 3 rings (SSSR count). The molecule has 2 nitrogen and oxygen atoms in total. The summed E-state index contributed by atoms with van der Waals surface area (Å²) in [5.74, 6) is 0. The number of hydrogen-bond acceptors (Lipinski definition) is 2. The molecular formula is C19H22NO. The van der Waals surface area contributed by atoms with E-state index in [0.29, 0.717) is 0 Å². The summed E-state index contributed by atoms with van der Waals surface area (Å²) < 4.78 is 5.38. The molecule has 0 bridgehead atoms. The normalized spacial score (nSPS) is 16.0. The molecule has 109 valence electrons. The van der Waals surface area contributed by atoms with Crippen molar-refractivity contribution in [3.63, 3.8) is 0 Å². The number of hydrogen-bond donors (Lipinski definition) is 0. The quantitative estimate of drug-likeness (QED) is 0.832. The Morgan fingerprint density at radius 2 is 1.57 bits per heavy atom. The molecule has 0 aliphatic carbocycles. The molecule has 0 atom stereocenters. The minimum Gasteiger partial charge on any atom is -0.379 e. The zero-order valence-corrected chi connectivity index (χ0v) is 12.4. The van der Waals surface area contributed by atoms with Gasteiger partial charge in [0.25, 0.3) is 0 Å². The van der Waals surface area contributed by atoms with Crippen LogP contribution in [0.4, 0.5) is 0 Å². The molecule has 1 heterocycles. The number of morpholine rings is 1. The maximum absolute atomic E-state index is 5.38. The van der Waals surface area contributed by atoms with E-state index in [9.17, 15) is 0 Å². The van der Waals surface area contributed by atoms with Crippen molar-refractivity contribution in [2.24, 2.45) is 0 Å².